The standard InChI is InChI=1S/C23H31BrFN3O6S/c1-20(2,3)33-18(29)28(19(30)34-21(4,5)6)17-26-22(7,15-13-14(24)9-10-16(15)25)23(11-12-23)35(31,32)27(17)8/h9-10,13H,11-12H2,1-8H3/t22-/m1/s1. The number of amides is 2. The Labute approximate surface area is 213 Å². The van der Waals surface area contributed by atoms with Gasteiger partial charge in [0.1, 0.15) is 27.3 Å². The lowest BCUT2D eigenvalue weighted by molar-refractivity contribution is 0.0132. The van der Waals surface area contributed by atoms with Gasteiger partial charge >= 0.3 is 12.2 Å². The highest BCUT2D eigenvalue weighted by molar-refractivity contribution is 9.10. The van der Waals surface area contributed by atoms with Gasteiger partial charge in [0.2, 0.25) is 16.0 Å². The highest BCUT2D eigenvalue weighted by Crippen LogP contribution is 2.61. The fourth-order valence-electron chi connectivity index (χ4n) is 4.07. The van der Waals surface area contributed by atoms with Crippen LogP contribution in [0.25, 0.3) is 0 Å². The Morgan fingerprint density at radius 1 is 1.09 bits per heavy atom. The van der Waals surface area contributed by atoms with Gasteiger partial charge in [-0.2, -0.15) is 0 Å². The number of imide groups is 1. The summed E-state index contributed by atoms with van der Waals surface area (Å²) in [6.07, 6.45) is -1.87. The number of ether oxygens (including phenoxy) is 2. The van der Waals surface area contributed by atoms with Crippen LogP contribution in [0.15, 0.2) is 27.7 Å². The minimum absolute atomic E-state index is 0.0203. The number of hydrogen-bond acceptors (Lipinski definition) is 7. The fraction of sp³-hybridized carbons (Fsp3) is 0.609. The molecular formula is C23H31BrFN3O6S. The number of benzene rings is 1. The van der Waals surface area contributed by atoms with E-state index in [1.807, 2.05) is 0 Å². The molecule has 12 heteroatoms. The second kappa shape index (κ2) is 8.43. The molecule has 0 saturated heterocycles. The molecule has 35 heavy (non-hydrogen) atoms. The summed E-state index contributed by atoms with van der Waals surface area (Å²) >= 11 is 3.31. The zero-order chi connectivity index (χ0) is 26.8. The van der Waals surface area contributed by atoms with Crippen LogP contribution in [0.4, 0.5) is 14.0 Å². The summed E-state index contributed by atoms with van der Waals surface area (Å²) in [5, 5.41) is 0. The van der Waals surface area contributed by atoms with Crippen LogP contribution >= 0.6 is 15.9 Å². The Bertz CT molecular complexity index is 1170. The third-order valence-electron chi connectivity index (χ3n) is 5.86. The first-order valence-electron chi connectivity index (χ1n) is 11.1. The van der Waals surface area contributed by atoms with Crippen molar-refractivity contribution in [3.05, 3.63) is 34.1 Å². The van der Waals surface area contributed by atoms with Gasteiger partial charge in [-0.15, -0.1) is 4.90 Å². The summed E-state index contributed by atoms with van der Waals surface area (Å²) in [5.41, 5.74) is -3.65. The minimum Gasteiger partial charge on any atom is -0.443 e. The number of aliphatic imine (C=N–C) groups is 1. The van der Waals surface area contributed by atoms with E-state index in [2.05, 4.69) is 20.9 Å². The van der Waals surface area contributed by atoms with Gasteiger partial charge in [-0.05, 0) is 79.5 Å². The van der Waals surface area contributed by atoms with Gasteiger partial charge in [0.25, 0.3) is 0 Å². The Morgan fingerprint density at radius 2 is 1.57 bits per heavy atom. The molecule has 1 aromatic rings. The fourth-order valence-corrected chi connectivity index (χ4v) is 6.57. The average Bonchev–Trinajstić information content (AvgIpc) is 3.47. The van der Waals surface area contributed by atoms with Crippen LogP contribution < -0.4 is 0 Å². The molecule has 1 fully saturated rings. The summed E-state index contributed by atoms with van der Waals surface area (Å²) in [4.78, 5) is 31.5. The van der Waals surface area contributed by atoms with Gasteiger partial charge in [0, 0.05) is 17.1 Å². The highest BCUT2D eigenvalue weighted by atomic mass is 79.9. The van der Waals surface area contributed by atoms with E-state index in [0.29, 0.717) is 9.37 Å². The number of rotatable bonds is 1. The molecule has 1 heterocycles. The second-order valence-corrected chi connectivity index (χ2v) is 14.1. The van der Waals surface area contributed by atoms with E-state index < -0.39 is 55.5 Å². The molecule has 2 aliphatic rings. The molecule has 1 aromatic carbocycles. The average molecular weight is 576 g/mol. The van der Waals surface area contributed by atoms with Gasteiger partial charge in [-0.3, -0.25) is 0 Å². The monoisotopic (exact) mass is 575 g/mol. The summed E-state index contributed by atoms with van der Waals surface area (Å²) in [6, 6.07) is 4.16. The van der Waals surface area contributed by atoms with E-state index in [9.17, 15) is 18.0 Å². The van der Waals surface area contributed by atoms with Crippen molar-refractivity contribution >= 4 is 44.1 Å². The molecule has 1 aliphatic carbocycles. The first kappa shape index (κ1) is 27.4. The van der Waals surface area contributed by atoms with E-state index in [1.54, 1.807) is 41.5 Å². The molecule has 1 spiro atoms. The number of sulfonamides is 1. The van der Waals surface area contributed by atoms with E-state index in [4.69, 9.17) is 9.47 Å². The summed E-state index contributed by atoms with van der Waals surface area (Å²) in [5.74, 6) is -1.20. The molecule has 1 saturated carbocycles. The number of hydrogen-bond donors (Lipinski definition) is 0. The number of carbonyl (C=O) groups is 2. The largest absolute Gasteiger partial charge is 0.443 e. The lowest BCUT2D eigenvalue weighted by Gasteiger charge is -2.44. The molecular weight excluding hydrogens is 545 g/mol. The first-order chi connectivity index (χ1) is 15.8. The van der Waals surface area contributed by atoms with Crippen molar-refractivity contribution in [3.63, 3.8) is 0 Å². The van der Waals surface area contributed by atoms with E-state index in [-0.39, 0.29) is 18.4 Å². The minimum atomic E-state index is -4.20. The zero-order valence-electron chi connectivity index (χ0n) is 21.1. The third kappa shape index (κ3) is 4.78. The molecule has 0 unspecified atom stereocenters. The van der Waals surface area contributed by atoms with Gasteiger partial charge in [-0.25, -0.2) is 31.7 Å². The van der Waals surface area contributed by atoms with E-state index in [0.717, 1.165) is 4.31 Å². The summed E-state index contributed by atoms with van der Waals surface area (Å²) < 4.78 is 53.4. The Morgan fingerprint density at radius 3 is 2.00 bits per heavy atom. The third-order valence-corrected chi connectivity index (χ3v) is 9.03. The number of guanidine groups is 1. The molecule has 0 aromatic heterocycles. The van der Waals surface area contributed by atoms with Crippen LogP contribution in [-0.2, 0) is 25.0 Å². The molecule has 2 amide bonds. The maximum Gasteiger partial charge on any atom is 0.427 e. The summed E-state index contributed by atoms with van der Waals surface area (Å²) in [7, 11) is -3.00. The van der Waals surface area contributed by atoms with Gasteiger partial charge in [0.05, 0.1) is 0 Å². The predicted octanol–water partition coefficient (Wildman–Crippen LogP) is 5.14. The highest BCUT2D eigenvalue weighted by Gasteiger charge is 2.71. The van der Waals surface area contributed by atoms with Crippen molar-refractivity contribution in [3.8, 4) is 0 Å². The van der Waals surface area contributed by atoms with Crippen LogP contribution in [0.3, 0.4) is 0 Å². The second-order valence-electron chi connectivity index (χ2n) is 10.9. The van der Waals surface area contributed by atoms with Gasteiger partial charge in [-0.1, -0.05) is 15.9 Å². The van der Waals surface area contributed by atoms with Crippen molar-refractivity contribution in [2.75, 3.05) is 7.05 Å². The van der Waals surface area contributed by atoms with E-state index in [1.165, 1.54) is 32.2 Å². The van der Waals surface area contributed by atoms with Crippen molar-refractivity contribution in [1.82, 2.24) is 9.21 Å². The van der Waals surface area contributed by atoms with Crippen LogP contribution in [-0.4, -0.2) is 58.8 Å². The Balaban J connectivity index is 2.29. The Hall–Kier alpha value is -2.21. The van der Waals surface area contributed by atoms with Gasteiger partial charge < -0.3 is 9.47 Å². The van der Waals surface area contributed by atoms with Crippen molar-refractivity contribution in [2.45, 2.75) is 82.8 Å². The molecule has 9 nitrogen and oxygen atoms in total. The molecule has 1 atom stereocenters. The molecule has 0 radical (unpaired) electrons. The van der Waals surface area contributed by atoms with Crippen molar-refractivity contribution in [2.24, 2.45) is 4.99 Å². The van der Waals surface area contributed by atoms with Crippen LogP contribution in [0.1, 0.15) is 66.9 Å². The lowest BCUT2D eigenvalue weighted by Crippen LogP contribution is -2.62. The number of nitrogens with zero attached hydrogens (tertiary/aromatic N) is 3. The van der Waals surface area contributed by atoms with Crippen LogP contribution in [0.5, 0.6) is 0 Å². The van der Waals surface area contributed by atoms with Crippen molar-refractivity contribution in [1.29, 1.82) is 0 Å². The molecule has 3 rings (SSSR count). The molecule has 194 valence electrons. The lowest BCUT2D eigenvalue weighted by atomic mass is 9.86. The summed E-state index contributed by atoms with van der Waals surface area (Å²) in [6.45, 7) is 11.1. The first-order valence-corrected chi connectivity index (χ1v) is 13.3. The maximum absolute atomic E-state index is 15.1. The normalized spacial score (nSPS) is 22.9. The Kier molecular flexibility index (Phi) is 6.59. The molecule has 0 N–H and O–H groups in total. The van der Waals surface area contributed by atoms with Crippen LogP contribution in [0.2, 0.25) is 0 Å². The number of halogens is 2. The zero-order valence-corrected chi connectivity index (χ0v) is 23.5. The van der Waals surface area contributed by atoms with Crippen molar-refractivity contribution < 1.29 is 31.9 Å². The molecule has 1 aliphatic heterocycles. The topological polar surface area (TPSA) is 106 Å². The molecule has 0 bridgehead atoms. The quantitative estimate of drug-likeness (QED) is 0.459. The van der Waals surface area contributed by atoms with Gasteiger partial charge in [0.15, 0.2) is 0 Å². The maximum atomic E-state index is 15.1. The van der Waals surface area contributed by atoms with Crippen LogP contribution in [0, 0.1) is 5.82 Å². The SMILES string of the molecule is CN1C(N(C(=O)OC(C)(C)C)C(=O)OC(C)(C)C)=N[C@](C)(c2cc(Br)ccc2F)C2(CC2)S1(=O)=O. The number of carbonyl (C=O) groups excluding carboxylic acids is 2. The predicted molar refractivity (Wildman–Crippen MR) is 132 cm³/mol. The smallest absolute Gasteiger partial charge is 0.427 e. The van der Waals surface area contributed by atoms with E-state index >= 15 is 4.39 Å².